The van der Waals surface area contributed by atoms with Crippen molar-refractivity contribution in [3.8, 4) is 0 Å². The van der Waals surface area contributed by atoms with Gasteiger partial charge in [-0.3, -0.25) is 4.79 Å². The Morgan fingerprint density at radius 1 is 1.35 bits per heavy atom. The summed E-state index contributed by atoms with van der Waals surface area (Å²) in [5.41, 5.74) is 0.772. The monoisotopic (exact) mass is 230 g/mol. The molecule has 0 aliphatic rings. The first-order valence-electron chi connectivity index (χ1n) is 5.12. The van der Waals surface area contributed by atoms with E-state index in [9.17, 15) is 9.18 Å². The van der Waals surface area contributed by atoms with E-state index < -0.39 is 0 Å². The minimum absolute atomic E-state index is 0.179. The smallest absolute Gasteiger partial charge is 0.221 e. The van der Waals surface area contributed by atoms with Crippen molar-refractivity contribution >= 4 is 11.9 Å². The molecule has 3 nitrogen and oxygen atoms in total. The predicted octanol–water partition coefficient (Wildman–Crippen LogP) is 2.46. The number of allylic oxidation sites excluding steroid dienone is 1. The van der Waals surface area contributed by atoms with Crippen LogP contribution < -0.4 is 0 Å². The van der Waals surface area contributed by atoms with Gasteiger partial charge in [-0.25, -0.2) is 9.37 Å². The molecule has 2 rings (SSSR count). The Bertz CT molecular complexity index is 555. The van der Waals surface area contributed by atoms with Crippen LogP contribution in [-0.2, 0) is 7.05 Å². The van der Waals surface area contributed by atoms with E-state index in [1.54, 1.807) is 42.2 Å². The molecule has 0 unspecified atom stereocenters. The normalized spacial score (nSPS) is 10.9. The van der Waals surface area contributed by atoms with Gasteiger partial charge in [-0.1, -0.05) is 18.2 Å². The number of aromatic nitrogens is 2. The molecule has 0 radical (unpaired) electrons. The molecule has 0 saturated carbocycles. The fourth-order valence-electron chi connectivity index (χ4n) is 1.42. The number of rotatable bonds is 3. The van der Waals surface area contributed by atoms with E-state index >= 15 is 0 Å². The zero-order chi connectivity index (χ0) is 12.3. The average Bonchev–Trinajstić information content (AvgIpc) is 2.74. The SMILES string of the molecule is Cn1ccnc1C(=O)C=Cc1ccc(F)cc1. The van der Waals surface area contributed by atoms with Crippen molar-refractivity contribution in [1.82, 2.24) is 9.55 Å². The number of benzene rings is 1. The summed E-state index contributed by atoms with van der Waals surface area (Å²) in [6, 6.07) is 5.92. The van der Waals surface area contributed by atoms with Gasteiger partial charge in [0, 0.05) is 19.4 Å². The minimum atomic E-state index is -0.294. The van der Waals surface area contributed by atoms with E-state index in [2.05, 4.69) is 4.98 Å². The molecule has 0 amide bonds. The van der Waals surface area contributed by atoms with Crippen LogP contribution in [0.15, 0.2) is 42.7 Å². The van der Waals surface area contributed by atoms with Crippen molar-refractivity contribution in [2.45, 2.75) is 0 Å². The van der Waals surface area contributed by atoms with Crippen LogP contribution in [-0.4, -0.2) is 15.3 Å². The maximum Gasteiger partial charge on any atom is 0.221 e. The van der Waals surface area contributed by atoms with Crippen molar-refractivity contribution in [2.75, 3.05) is 0 Å². The summed E-state index contributed by atoms with van der Waals surface area (Å²) < 4.78 is 14.3. The highest BCUT2D eigenvalue weighted by Crippen LogP contribution is 2.06. The quantitative estimate of drug-likeness (QED) is 0.599. The third-order valence-corrected chi connectivity index (χ3v) is 2.34. The zero-order valence-electron chi connectivity index (χ0n) is 9.30. The zero-order valence-corrected chi connectivity index (χ0v) is 9.30. The van der Waals surface area contributed by atoms with Crippen molar-refractivity contribution < 1.29 is 9.18 Å². The molecule has 0 aliphatic carbocycles. The highest BCUT2D eigenvalue weighted by atomic mass is 19.1. The summed E-state index contributed by atoms with van der Waals surface area (Å²) in [6.45, 7) is 0. The predicted molar refractivity (Wildman–Crippen MR) is 63.0 cm³/mol. The lowest BCUT2D eigenvalue weighted by Gasteiger charge is -1.96. The van der Waals surface area contributed by atoms with Gasteiger partial charge < -0.3 is 4.57 Å². The Balaban J connectivity index is 2.14. The van der Waals surface area contributed by atoms with Crippen molar-refractivity contribution in [3.63, 3.8) is 0 Å². The molecular formula is C13H11FN2O. The van der Waals surface area contributed by atoms with E-state index in [-0.39, 0.29) is 11.6 Å². The summed E-state index contributed by atoms with van der Waals surface area (Å²) >= 11 is 0. The second kappa shape index (κ2) is 4.74. The second-order valence-electron chi connectivity index (χ2n) is 3.61. The lowest BCUT2D eigenvalue weighted by atomic mass is 10.2. The number of carbonyl (C=O) groups is 1. The number of imidazole rings is 1. The van der Waals surface area contributed by atoms with Crippen LogP contribution >= 0.6 is 0 Å². The van der Waals surface area contributed by atoms with Gasteiger partial charge >= 0.3 is 0 Å². The number of ketones is 1. The molecule has 86 valence electrons. The van der Waals surface area contributed by atoms with E-state index in [1.807, 2.05) is 0 Å². The molecule has 0 saturated heterocycles. The van der Waals surface area contributed by atoms with Gasteiger partial charge in [-0.2, -0.15) is 0 Å². The largest absolute Gasteiger partial charge is 0.331 e. The van der Waals surface area contributed by atoms with Crippen LogP contribution in [0, 0.1) is 5.82 Å². The van der Waals surface area contributed by atoms with E-state index in [0.717, 1.165) is 5.56 Å². The summed E-state index contributed by atoms with van der Waals surface area (Å²) in [4.78, 5) is 15.7. The molecule has 4 heteroatoms. The molecule has 2 aromatic rings. The molecule has 0 bridgehead atoms. The first-order chi connectivity index (χ1) is 8.16. The third kappa shape index (κ3) is 2.66. The van der Waals surface area contributed by atoms with Gasteiger partial charge in [0.2, 0.25) is 5.78 Å². The molecule has 0 fully saturated rings. The Morgan fingerprint density at radius 3 is 2.65 bits per heavy atom. The minimum Gasteiger partial charge on any atom is -0.331 e. The van der Waals surface area contributed by atoms with Gasteiger partial charge in [0.15, 0.2) is 5.82 Å². The number of hydrogen-bond donors (Lipinski definition) is 0. The molecule has 1 aromatic carbocycles. The molecule has 1 aromatic heterocycles. The van der Waals surface area contributed by atoms with E-state index in [1.165, 1.54) is 18.2 Å². The fraction of sp³-hybridized carbons (Fsp3) is 0.0769. The number of nitrogens with zero attached hydrogens (tertiary/aromatic N) is 2. The fourth-order valence-corrected chi connectivity index (χ4v) is 1.42. The van der Waals surface area contributed by atoms with Crippen molar-refractivity contribution in [2.24, 2.45) is 7.05 Å². The Labute approximate surface area is 98.2 Å². The van der Waals surface area contributed by atoms with E-state index in [0.29, 0.717) is 5.82 Å². The molecule has 0 atom stereocenters. The molecule has 0 aliphatic heterocycles. The second-order valence-corrected chi connectivity index (χ2v) is 3.61. The van der Waals surface area contributed by atoms with Gasteiger partial charge in [0.05, 0.1) is 0 Å². The highest BCUT2D eigenvalue weighted by molar-refractivity contribution is 6.04. The number of halogens is 1. The summed E-state index contributed by atoms with van der Waals surface area (Å²) in [6.07, 6.45) is 6.34. The molecule has 0 spiro atoms. The van der Waals surface area contributed by atoms with Crippen LogP contribution in [0.5, 0.6) is 0 Å². The molecule has 0 N–H and O–H groups in total. The van der Waals surface area contributed by atoms with Crippen LogP contribution in [0.3, 0.4) is 0 Å². The van der Waals surface area contributed by atoms with E-state index in [4.69, 9.17) is 0 Å². The van der Waals surface area contributed by atoms with Crippen LogP contribution in [0.25, 0.3) is 6.08 Å². The first kappa shape index (κ1) is 11.3. The van der Waals surface area contributed by atoms with Gasteiger partial charge in [-0.05, 0) is 23.8 Å². The Hall–Kier alpha value is -2.23. The lowest BCUT2D eigenvalue weighted by molar-refractivity contribution is 0.103. The topological polar surface area (TPSA) is 34.9 Å². The van der Waals surface area contributed by atoms with Gasteiger partial charge in [0.1, 0.15) is 5.82 Å². The molecular weight excluding hydrogens is 219 g/mol. The number of carbonyl (C=O) groups excluding carboxylic acids is 1. The maximum atomic E-state index is 12.7. The van der Waals surface area contributed by atoms with Crippen LogP contribution in [0.1, 0.15) is 16.2 Å². The standard InChI is InChI=1S/C13H11FN2O/c1-16-9-8-15-13(16)12(17)7-4-10-2-5-11(14)6-3-10/h2-9H,1H3. The Morgan fingerprint density at radius 2 is 2.06 bits per heavy atom. The number of aryl methyl sites for hydroxylation is 1. The summed E-state index contributed by atoms with van der Waals surface area (Å²) in [5.74, 6) is -0.0947. The molecule has 17 heavy (non-hydrogen) atoms. The Kier molecular flexibility index (Phi) is 3.14. The number of hydrogen-bond acceptors (Lipinski definition) is 2. The third-order valence-electron chi connectivity index (χ3n) is 2.34. The van der Waals surface area contributed by atoms with Gasteiger partial charge in [-0.15, -0.1) is 0 Å². The van der Waals surface area contributed by atoms with Crippen molar-refractivity contribution in [3.05, 3.63) is 59.9 Å². The summed E-state index contributed by atoms with van der Waals surface area (Å²) in [7, 11) is 1.76. The highest BCUT2D eigenvalue weighted by Gasteiger charge is 2.06. The average molecular weight is 230 g/mol. The lowest BCUT2D eigenvalue weighted by Crippen LogP contribution is -2.03. The first-order valence-corrected chi connectivity index (χ1v) is 5.12. The van der Waals surface area contributed by atoms with Crippen LogP contribution in [0.4, 0.5) is 4.39 Å². The molecule has 1 heterocycles. The summed E-state index contributed by atoms with van der Waals surface area (Å²) in [5, 5.41) is 0. The van der Waals surface area contributed by atoms with Gasteiger partial charge in [0.25, 0.3) is 0 Å². The van der Waals surface area contributed by atoms with Crippen molar-refractivity contribution in [1.29, 1.82) is 0 Å². The maximum absolute atomic E-state index is 12.7. The van der Waals surface area contributed by atoms with Crippen LogP contribution in [0.2, 0.25) is 0 Å².